The van der Waals surface area contributed by atoms with E-state index in [1.807, 2.05) is 24.4 Å². The van der Waals surface area contributed by atoms with Crippen molar-refractivity contribution >= 4 is 17.2 Å². The summed E-state index contributed by atoms with van der Waals surface area (Å²) in [6, 6.07) is 3.90. The number of carbonyl (C=O) groups excluding carboxylic acids is 1. The van der Waals surface area contributed by atoms with E-state index in [1.165, 1.54) is 4.88 Å². The van der Waals surface area contributed by atoms with Crippen molar-refractivity contribution in [3.63, 3.8) is 0 Å². The van der Waals surface area contributed by atoms with Crippen molar-refractivity contribution in [2.75, 3.05) is 19.7 Å². The minimum atomic E-state index is -0.116. The number of nitrogens with one attached hydrogen (secondary N) is 1. The van der Waals surface area contributed by atoms with Crippen molar-refractivity contribution in [1.29, 1.82) is 0 Å². The Bertz CT molecular complexity index is 394. The lowest BCUT2D eigenvalue weighted by Crippen LogP contribution is -2.49. The fraction of sp³-hybridized carbons (Fsp3) is 0.643. The van der Waals surface area contributed by atoms with Crippen molar-refractivity contribution in [1.82, 2.24) is 10.2 Å². The molecule has 0 bridgehead atoms. The Morgan fingerprint density at radius 3 is 3.21 bits per heavy atom. The van der Waals surface area contributed by atoms with Gasteiger partial charge < -0.3 is 10.4 Å². The van der Waals surface area contributed by atoms with Gasteiger partial charge >= 0.3 is 0 Å². The van der Waals surface area contributed by atoms with Crippen LogP contribution in [0.25, 0.3) is 0 Å². The van der Waals surface area contributed by atoms with Gasteiger partial charge in [-0.05, 0) is 43.7 Å². The van der Waals surface area contributed by atoms with Crippen LogP contribution in [0.4, 0.5) is 0 Å². The molecule has 1 saturated heterocycles. The minimum Gasteiger partial charge on any atom is -0.396 e. The third-order valence-corrected chi connectivity index (χ3v) is 4.63. The van der Waals surface area contributed by atoms with Gasteiger partial charge in [0.15, 0.2) is 0 Å². The predicted octanol–water partition coefficient (Wildman–Crippen LogP) is 1.46. The van der Waals surface area contributed by atoms with Crippen molar-refractivity contribution in [2.24, 2.45) is 5.92 Å². The molecule has 2 rings (SSSR count). The number of carbonyl (C=O) groups is 1. The van der Waals surface area contributed by atoms with Gasteiger partial charge in [-0.3, -0.25) is 9.69 Å². The summed E-state index contributed by atoms with van der Waals surface area (Å²) in [5, 5.41) is 14.2. The van der Waals surface area contributed by atoms with Gasteiger partial charge in [-0.15, -0.1) is 11.3 Å². The van der Waals surface area contributed by atoms with E-state index in [2.05, 4.69) is 10.2 Å². The van der Waals surface area contributed by atoms with E-state index in [0.29, 0.717) is 12.5 Å². The lowest BCUT2D eigenvalue weighted by atomic mass is 9.97. The van der Waals surface area contributed by atoms with Crippen LogP contribution in [0, 0.1) is 5.92 Å². The first-order valence-electron chi connectivity index (χ1n) is 6.85. The zero-order chi connectivity index (χ0) is 13.7. The highest BCUT2D eigenvalue weighted by Gasteiger charge is 2.26. The molecule has 0 saturated carbocycles. The minimum absolute atomic E-state index is 0.0759. The second kappa shape index (κ2) is 7.03. The second-order valence-corrected chi connectivity index (χ2v) is 6.19. The van der Waals surface area contributed by atoms with Gasteiger partial charge in [0.1, 0.15) is 0 Å². The molecule has 1 aromatic heterocycles. The highest BCUT2D eigenvalue weighted by atomic mass is 32.1. The Kier molecular flexibility index (Phi) is 5.36. The van der Waals surface area contributed by atoms with Crippen LogP contribution in [0.2, 0.25) is 0 Å². The molecule has 5 heteroatoms. The number of hydrogen-bond acceptors (Lipinski definition) is 4. The highest BCUT2D eigenvalue weighted by Crippen LogP contribution is 2.18. The summed E-state index contributed by atoms with van der Waals surface area (Å²) in [6.45, 7) is 4.55. The van der Waals surface area contributed by atoms with Gasteiger partial charge in [-0.25, -0.2) is 0 Å². The molecule has 1 aliphatic heterocycles. The average Bonchev–Trinajstić information content (AvgIpc) is 2.97. The van der Waals surface area contributed by atoms with Gasteiger partial charge in [-0.2, -0.15) is 0 Å². The zero-order valence-corrected chi connectivity index (χ0v) is 12.2. The molecule has 1 aromatic rings. The summed E-state index contributed by atoms with van der Waals surface area (Å²) >= 11 is 1.65. The maximum absolute atomic E-state index is 12.1. The molecule has 1 fully saturated rings. The number of aliphatic hydroxyl groups excluding tert-OH is 1. The van der Waals surface area contributed by atoms with Gasteiger partial charge in [0.2, 0.25) is 5.91 Å². The molecule has 1 aliphatic rings. The topological polar surface area (TPSA) is 52.6 Å². The van der Waals surface area contributed by atoms with Gasteiger partial charge in [0, 0.05) is 18.0 Å². The Hall–Kier alpha value is -0.910. The summed E-state index contributed by atoms with van der Waals surface area (Å²) in [5.41, 5.74) is 0. The molecule has 106 valence electrons. The molecular weight excluding hydrogens is 260 g/mol. The molecule has 4 nitrogen and oxygen atoms in total. The number of aliphatic hydroxyl groups is 1. The number of nitrogens with zero attached hydrogens (tertiary/aromatic N) is 1. The number of thiophene rings is 1. The number of hydrogen-bond donors (Lipinski definition) is 2. The lowest BCUT2D eigenvalue weighted by Gasteiger charge is -2.35. The van der Waals surface area contributed by atoms with Crippen molar-refractivity contribution in [3.8, 4) is 0 Å². The van der Waals surface area contributed by atoms with Gasteiger partial charge in [-0.1, -0.05) is 6.07 Å². The molecule has 2 N–H and O–H groups in total. The standard InChI is InChI=1S/C14H22N2O2S/c1-11(16-6-2-4-12(9-16)10-17)14(18)15-8-13-5-3-7-19-13/h3,5,7,11-12,17H,2,4,6,8-10H2,1H3,(H,15,18). The van der Waals surface area contributed by atoms with E-state index in [9.17, 15) is 9.90 Å². The fourth-order valence-electron chi connectivity index (χ4n) is 2.50. The Morgan fingerprint density at radius 1 is 1.68 bits per heavy atom. The lowest BCUT2D eigenvalue weighted by molar-refractivity contribution is -0.126. The Morgan fingerprint density at radius 2 is 2.53 bits per heavy atom. The quantitative estimate of drug-likeness (QED) is 0.859. The third kappa shape index (κ3) is 4.03. The Labute approximate surface area is 118 Å². The maximum atomic E-state index is 12.1. The van der Waals surface area contributed by atoms with E-state index in [1.54, 1.807) is 11.3 Å². The monoisotopic (exact) mass is 282 g/mol. The maximum Gasteiger partial charge on any atom is 0.237 e. The molecule has 0 radical (unpaired) electrons. The summed E-state index contributed by atoms with van der Waals surface area (Å²) in [5.74, 6) is 0.397. The predicted molar refractivity (Wildman–Crippen MR) is 77.0 cm³/mol. The molecule has 2 heterocycles. The van der Waals surface area contributed by atoms with Crippen molar-refractivity contribution in [2.45, 2.75) is 32.4 Å². The number of rotatable bonds is 5. The van der Waals surface area contributed by atoms with E-state index >= 15 is 0 Å². The molecule has 0 aliphatic carbocycles. The summed E-state index contributed by atoms with van der Waals surface area (Å²) in [6.07, 6.45) is 2.13. The van der Waals surface area contributed by atoms with Crippen LogP contribution in [0.1, 0.15) is 24.6 Å². The third-order valence-electron chi connectivity index (χ3n) is 3.75. The molecule has 0 spiro atoms. The van der Waals surface area contributed by atoms with Gasteiger partial charge in [0.25, 0.3) is 0 Å². The summed E-state index contributed by atoms with van der Waals surface area (Å²) in [4.78, 5) is 15.5. The molecule has 2 unspecified atom stereocenters. The van der Waals surface area contributed by atoms with E-state index in [0.717, 1.165) is 25.9 Å². The van der Waals surface area contributed by atoms with Crippen molar-refractivity contribution < 1.29 is 9.90 Å². The number of amides is 1. The van der Waals surface area contributed by atoms with Gasteiger partial charge in [0.05, 0.1) is 12.6 Å². The van der Waals surface area contributed by atoms with E-state index in [4.69, 9.17) is 0 Å². The van der Waals surface area contributed by atoms with Crippen LogP contribution in [0.3, 0.4) is 0 Å². The average molecular weight is 282 g/mol. The smallest absolute Gasteiger partial charge is 0.237 e. The normalized spacial score (nSPS) is 22.1. The zero-order valence-electron chi connectivity index (χ0n) is 11.3. The Balaban J connectivity index is 1.81. The van der Waals surface area contributed by atoms with Crippen LogP contribution in [0.15, 0.2) is 17.5 Å². The van der Waals surface area contributed by atoms with Crippen LogP contribution in [-0.4, -0.2) is 41.7 Å². The summed E-state index contributed by atoms with van der Waals surface area (Å²) in [7, 11) is 0. The molecule has 1 amide bonds. The van der Waals surface area contributed by atoms with E-state index < -0.39 is 0 Å². The van der Waals surface area contributed by atoms with Crippen LogP contribution >= 0.6 is 11.3 Å². The first-order chi connectivity index (χ1) is 9.20. The van der Waals surface area contributed by atoms with E-state index in [-0.39, 0.29) is 18.6 Å². The molecule has 19 heavy (non-hydrogen) atoms. The number of piperidine rings is 1. The second-order valence-electron chi connectivity index (χ2n) is 5.16. The summed E-state index contributed by atoms with van der Waals surface area (Å²) < 4.78 is 0. The van der Waals surface area contributed by atoms with Crippen LogP contribution in [0.5, 0.6) is 0 Å². The SMILES string of the molecule is CC(C(=O)NCc1cccs1)N1CCCC(CO)C1. The largest absolute Gasteiger partial charge is 0.396 e. The van der Waals surface area contributed by atoms with Crippen LogP contribution in [-0.2, 0) is 11.3 Å². The fourth-order valence-corrected chi connectivity index (χ4v) is 3.14. The van der Waals surface area contributed by atoms with Crippen molar-refractivity contribution in [3.05, 3.63) is 22.4 Å². The van der Waals surface area contributed by atoms with Crippen LogP contribution < -0.4 is 5.32 Å². The first-order valence-corrected chi connectivity index (χ1v) is 7.73. The molecule has 2 atom stereocenters. The first kappa shape index (κ1) is 14.5. The number of likely N-dealkylation sites (tertiary alicyclic amines) is 1. The molecular formula is C14H22N2O2S. The highest BCUT2D eigenvalue weighted by molar-refractivity contribution is 7.09. The molecule has 0 aromatic carbocycles.